The van der Waals surface area contributed by atoms with Gasteiger partial charge in [-0.1, -0.05) is 36.4 Å². The van der Waals surface area contributed by atoms with Crippen LogP contribution in [0.2, 0.25) is 0 Å². The lowest BCUT2D eigenvalue weighted by atomic mass is 10.0. The van der Waals surface area contributed by atoms with Crippen LogP contribution in [0.5, 0.6) is 0 Å². The molecule has 0 aliphatic heterocycles. The third-order valence-electron chi connectivity index (χ3n) is 5.10. The van der Waals surface area contributed by atoms with Crippen LogP contribution in [0.15, 0.2) is 71.3 Å². The monoisotopic (exact) mass is 341 g/mol. The fraction of sp³-hybridized carbons (Fsp3) is 0.125. The number of hydrogen-bond donors (Lipinski definition) is 0. The molecule has 2 heteroatoms. The molecule has 0 unspecified atom stereocenters. The van der Waals surface area contributed by atoms with E-state index < -0.39 is 6.85 Å². The zero-order chi connectivity index (χ0) is 20.3. The van der Waals surface area contributed by atoms with Gasteiger partial charge in [-0.2, -0.15) is 4.57 Å². The van der Waals surface area contributed by atoms with E-state index in [1.807, 2.05) is 36.7 Å². The zero-order valence-electron chi connectivity index (χ0n) is 17.7. The van der Waals surface area contributed by atoms with Crippen LogP contribution >= 0.6 is 0 Å². The van der Waals surface area contributed by atoms with Crippen LogP contribution in [0.3, 0.4) is 0 Å². The Hall–Kier alpha value is -3.13. The molecule has 2 nitrogen and oxygen atoms in total. The van der Waals surface area contributed by atoms with Gasteiger partial charge in [0.2, 0.25) is 5.58 Å². The molecule has 0 radical (unpaired) electrons. The molecule has 0 N–H and O–H groups in total. The first kappa shape index (κ1) is 12.3. The minimum absolute atomic E-state index is 0.340. The molecule has 2 heterocycles. The van der Waals surface area contributed by atoms with Gasteiger partial charge in [-0.05, 0) is 36.9 Å². The Kier molecular flexibility index (Phi) is 2.56. The summed E-state index contributed by atoms with van der Waals surface area (Å²) in [5.74, 6) is 0. The Morgan fingerprint density at radius 2 is 1.65 bits per heavy atom. The lowest BCUT2D eigenvalue weighted by molar-refractivity contribution is -0.602. The first-order chi connectivity index (χ1) is 13.8. The summed E-state index contributed by atoms with van der Waals surface area (Å²) in [7, 11) is 0. The average Bonchev–Trinajstić information content (AvgIpc) is 3.07. The summed E-state index contributed by atoms with van der Waals surface area (Å²) < 4.78 is 31.5. The molecule has 0 saturated heterocycles. The molecule has 0 aliphatic carbocycles. The van der Waals surface area contributed by atoms with Gasteiger partial charge in [-0.25, -0.2) is 0 Å². The van der Waals surface area contributed by atoms with Gasteiger partial charge in [-0.15, -0.1) is 0 Å². The highest BCUT2D eigenvalue weighted by Crippen LogP contribution is 2.36. The van der Waals surface area contributed by atoms with E-state index in [0.29, 0.717) is 5.56 Å². The molecule has 0 fully saturated rings. The first-order valence-electron chi connectivity index (χ1n) is 10.2. The Morgan fingerprint density at radius 1 is 0.846 bits per heavy atom. The van der Waals surface area contributed by atoms with Gasteiger partial charge in [0.15, 0.2) is 11.9 Å². The molecule has 126 valence electrons. The molecule has 0 bridgehead atoms. The van der Waals surface area contributed by atoms with Crippen LogP contribution in [0.4, 0.5) is 0 Å². The zero-order valence-corrected chi connectivity index (χ0v) is 14.7. The topological polar surface area (TPSA) is 17.0 Å². The van der Waals surface area contributed by atoms with Gasteiger partial charge in [0.25, 0.3) is 5.69 Å². The highest BCUT2D eigenvalue weighted by atomic mass is 16.3. The smallest absolute Gasteiger partial charge is 0.257 e. The van der Waals surface area contributed by atoms with Crippen molar-refractivity contribution in [2.45, 2.75) is 20.7 Å². The van der Waals surface area contributed by atoms with Crippen LogP contribution in [-0.2, 0) is 0 Å². The average molecular weight is 341 g/mol. The minimum Gasteiger partial charge on any atom is -0.448 e. The largest absolute Gasteiger partial charge is 0.448 e. The van der Waals surface area contributed by atoms with Gasteiger partial charge in [0, 0.05) is 44.9 Å². The summed E-state index contributed by atoms with van der Waals surface area (Å²) in [4.78, 5) is 0. The fourth-order valence-corrected chi connectivity index (χ4v) is 3.82. The van der Waals surface area contributed by atoms with Crippen molar-refractivity contribution >= 4 is 32.7 Å². The summed E-state index contributed by atoms with van der Waals surface area (Å²) in [6, 6.07) is 20.0. The van der Waals surface area contributed by atoms with Crippen molar-refractivity contribution in [1.29, 1.82) is 0 Å². The quantitative estimate of drug-likeness (QED) is 0.345. The number of pyridine rings is 1. The van der Waals surface area contributed by atoms with Gasteiger partial charge in [0.05, 0.1) is 0 Å². The van der Waals surface area contributed by atoms with Crippen molar-refractivity contribution in [3.8, 4) is 5.69 Å². The second kappa shape index (κ2) is 5.43. The molecule has 3 aromatic carbocycles. The number of furan rings is 1. The van der Waals surface area contributed by atoms with Gasteiger partial charge < -0.3 is 4.42 Å². The maximum Gasteiger partial charge on any atom is 0.257 e. The highest BCUT2D eigenvalue weighted by molar-refractivity contribution is 6.16. The Morgan fingerprint density at radius 3 is 2.50 bits per heavy atom. The van der Waals surface area contributed by atoms with E-state index in [1.54, 1.807) is 12.1 Å². The normalized spacial score (nSPS) is 13.8. The van der Waals surface area contributed by atoms with Crippen molar-refractivity contribution < 1.29 is 13.1 Å². The number of benzene rings is 3. The SMILES string of the molecule is [2H]C([2H])([2H])c1cc[n+](-c2c(C)ccc3c2oc2c4ccccc4ccc32)c(C)c1. The summed E-state index contributed by atoms with van der Waals surface area (Å²) >= 11 is 0. The van der Waals surface area contributed by atoms with Crippen molar-refractivity contribution in [1.82, 2.24) is 0 Å². The molecule has 26 heavy (non-hydrogen) atoms. The van der Waals surface area contributed by atoms with Gasteiger partial charge >= 0.3 is 0 Å². The predicted molar refractivity (Wildman–Crippen MR) is 107 cm³/mol. The van der Waals surface area contributed by atoms with Crippen molar-refractivity contribution in [3.05, 3.63) is 83.7 Å². The second-order valence-electron chi connectivity index (χ2n) is 6.80. The third-order valence-corrected chi connectivity index (χ3v) is 5.10. The number of rotatable bonds is 1. The molecular formula is C24H20NO+. The summed E-state index contributed by atoms with van der Waals surface area (Å²) in [6.07, 6.45) is 1.82. The Bertz CT molecular complexity index is 1410. The summed E-state index contributed by atoms with van der Waals surface area (Å²) in [5, 5.41) is 4.36. The van der Waals surface area contributed by atoms with Crippen molar-refractivity contribution in [2.75, 3.05) is 0 Å². The Labute approximate surface area is 156 Å². The van der Waals surface area contributed by atoms with Crippen molar-refractivity contribution in [3.63, 3.8) is 0 Å². The molecule has 2 aromatic heterocycles. The minimum atomic E-state index is -2.12. The number of aryl methyl sites for hydroxylation is 3. The second-order valence-corrected chi connectivity index (χ2v) is 6.80. The van der Waals surface area contributed by atoms with Crippen LogP contribution in [0.25, 0.3) is 38.4 Å². The van der Waals surface area contributed by atoms with E-state index in [2.05, 4.69) is 36.4 Å². The number of nitrogens with zero attached hydrogens (tertiary/aromatic N) is 1. The summed E-state index contributed by atoms with van der Waals surface area (Å²) in [6.45, 7) is 1.85. The molecule has 0 aliphatic rings. The van der Waals surface area contributed by atoms with E-state index in [-0.39, 0.29) is 0 Å². The lowest BCUT2D eigenvalue weighted by Gasteiger charge is -2.04. The van der Waals surface area contributed by atoms with E-state index in [0.717, 1.165) is 49.7 Å². The molecule has 5 rings (SSSR count). The summed E-state index contributed by atoms with van der Waals surface area (Å²) in [5.41, 5.74) is 4.88. The van der Waals surface area contributed by atoms with E-state index >= 15 is 0 Å². The lowest BCUT2D eigenvalue weighted by Crippen LogP contribution is -2.34. The van der Waals surface area contributed by atoms with Crippen LogP contribution < -0.4 is 4.57 Å². The third kappa shape index (κ3) is 2.08. The molecule has 5 aromatic rings. The molecular weight excluding hydrogens is 318 g/mol. The van der Waals surface area contributed by atoms with Gasteiger partial charge in [-0.3, -0.25) is 0 Å². The number of hydrogen-bond acceptors (Lipinski definition) is 1. The standard InChI is InChI=1S/C24H20NO/c1-15-12-13-25(17(3)14-15)22-16(2)8-10-21-20-11-9-18-6-4-5-7-19(18)23(20)26-24(21)22/h4-14H,1-3H3/q+1/i1D3. The molecule has 0 spiro atoms. The van der Waals surface area contributed by atoms with Crippen LogP contribution in [-0.4, -0.2) is 0 Å². The van der Waals surface area contributed by atoms with Crippen molar-refractivity contribution in [2.24, 2.45) is 0 Å². The maximum absolute atomic E-state index is 7.67. The van der Waals surface area contributed by atoms with E-state index in [4.69, 9.17) is 8.53 Å². The predicted octanol–water partition coefficient (Wildman–Crippen LogP) is 5.94. The first-order valence-corrected chi connectivity index (χ1v) is 8.71. The highest BCUT2D eigenvalue weighted by Gasteiger charge is 2.22. The molecule has 0 atom stereocenters. The Balaban J connectivity index is 1.85. The van der Waals surface area contributed by atoms with E-state index in [9.17, 15) is 0 Å². The fourth-order valence-electron chi connectivity index (χ4n) is 3.82. The molecule has 0 saturated carbocycles. The van der Waals surface area contributed by atoms with Crippen LogP contribution in [0.1, 0.15) is 20.9 Å². The molecule has 0 amide bonds. The maximum atomic E-state index is 7.67. The number of aromatic nitrogens is 1. The van der Waals surface area contributed by atoms with E-state index in [1.165, 1.54) is 0 Å². The number of fused-ring (bicyclic) bond motifs is 5. The van der Waals surface area contributed by atoms with Crippen LogP contribution in [0, 0.1) is 20.7 Å². The van der Waals surface area contributed by atoms with Gasteiger partial charge in [0.1, 0.15) is 5.58 Å².